The van der Waals surface area contributed by atoms with Crippen molar-refractivity contribution >= 4 is 5.97 Å². The largest absolute Gasteiger partial charge is 0.496 e. The van der Waals surface area contributed by atoms with Crippen LogP contribution in [0.2, 0.25) is 0 Å². The number of hydrogen-bond donors (Lipinski definition) is 1. The molecule has 0 fully saturated rings. The highest BCUT2D eigenvalue weighted by Crippen LogP contribution is 2.20. The number of aryl methyl sites for hydroxylation is 1. The predicted molar refractivity (Wildman–Crippen MR) is 66.1 cm³/mol. The number of methoxy groups -OCH3 is 2. The molecule has 0 heterocycles. The zero-order valence-electron chi connectivity index (χ0n) is 10.5. The smallest absolute Gasteiger partial charge is 0.322 e. The molecule has 0 bridgehead atoms. The summed E-state index contributed by atoms with van der Waals surface area (Å²) in [6, 6.07) is 5.22. The highest BCUT2D eigenvalue weighted by atomic mass is 16.5. The quantitative estimate of drug-likeness (QED) is 0.784. The van der Waals surface area contributed by atoms with E-state index in [0.717, 1.165) is 23.3 Å². The van der Waals surface area contributed by atoms with E-state index in [1.54, 1.807) is 7.11 Å². The van der Waals surface area contributed by atoms with Crippen LogP contribution in [0, 0.1) is 0 Å². The average Bonchev–Trinajstić information content (AvgIpc) is 2.37. The van der Waals surface area contributed by atoms with Crippen LogP contribution in [0.4, 0.5) is 0 Å². The first kappa shape index (κ1) is 13.5. The summed E-state index contributed by atoms with van der Waals surface area (Å²) in [5.41, 5.74) is 7.84. The lowest BCUT2D eigenvalue weighted by molar-refractivity contribution is -0.142. The Kier molecular flexibility index (Phi) is 4.97. The van der Waals surface area contributed by atoms with Gasteiger partial charge in [0, 0.05) is 0 Å². The predicted octanol–water partition coefficient (Wildman–Crippen LogP) is 1.30. The first-order valence-electron chi connectivity index (χ1n) is 5.61. The van der Waals surface area contributed by atoms with Gasteiger partial charge in [-0.3, -0.25) is 4.79 Å². The number of nitrogens with two attached hydrogens (primary N) is 1. The van der Waals surface area contributed by atoms with Crippen LogP contribution in [0.1, 0.15) is 18.1 Å². The molecule has 1 aromatic rings. The van der Waals surface area contributed by atoms with Crippen molar-refractivity contribution in [1.29, 1.82) is 0 Å². The van der Waals surface area contributed by atoms with Crippen molar-refractivity contribution in [2.45, 2.75) is 25.8 Å². The minimum Gasteiger partial charge on any atom is -0.496 e. The summed E-state index contributed by atoms with van der Waals surface area (Å²) in [6.07, 6.45) is 1.36. The average molecular weight is 237 g/mol. The minimum atomic E-state index is -0.613. The first-order chi connectivity index (χ1) is 8.12. The number of rotatable bonds is 5. The molecule has 0 saturated carbocycles. The van der Waals surface area contributed by atoms with Crippen molar-refractivity contribution in [1.82, 2.24) is 0 Å². The molecule has 17 heavy (non-hydrogen) atoms. The maximum absolute atomic E-state index is 11.2. The third-order valence-corrected chi connectivity index (χ3v) is 2.69. The van der Waals surface area contributed by atoms with Crippen LogP contribution in [0.25, 0.3) is 0 Å². The third-order valence-electron chi connectivity index (χ3n) is 2.69. The maximum Gasteiger partial charge on any atom is 0.322 e. The van der Waals surface area contributed by atoms with Gasteiger partial charge in [-0.1, -0.05) is 19.1 Å². The Morgan fingerprint density at radius 2 is 2.12 bits per heavy atom. The van der Waals surface area contributed by atoms with Crippen molar-refractivity contribution in [2.24, 2.45) is 5.73 Å². The van der Waals surface area contributed by atoms with E-state index in [-0.39, 0.29) is 5.97 Å². The molecule has 1 atom stereocenters. The second-order valence-electron chi connectivity index (χ2n) is 3.83. The standard InChI is InChI=1S/C13H19NO3/c1-4-10-7-9(5-6-12(10)16-2)8-11(14)13(15)17-3/h5-7,11H,4,8,14H2,1-3H3. The molecule has 1 aromatic carbocycles. The third kappa shape index (κ3) is 3.46. The van der Waals surface area contributed by atoms with Gasteiger partial charge in [0.05, 0.1) is 14.2 Å². The van der Waals surface area contributed by atoms with E-state index in [1.165, 1.54) is 7.11 Å². The zero-order valence-corrected chi connectivity index (χ0v) is 10.5. The van der Waals surface area contributed by atoms with Gasteiger partial charge in [-0.05, 0) is 30.0 Å². The molecule has 0 spiro atoms. The highest BCUT2D eigenvalue weighted by Gasteiger charge is 2.14. The fourth-order valence-electron chi connectivity index (χ4n) is 1.72. The summed E-state index contributed by atoms with van der Waals surface area (Å²) in [7, 11) is 2.99. The van der Waals surface area contributed by atoms with Crippen LogP contribution in [0.3, 0.4) is 0 Å². The number of carbonyl (C=O) groups is 1. The molecule has 0 aliphatic rings. The van der Waals surface area contributed by atoms with E-state index in [4.69, 9.17) is 10.5 Å². The highest BCUT2D eigenvalue weighted by molar-refractivity contribution is 5.75. The molecule has 0 radical (unpaired) electrons. The second kappa shape index (κ2) is 6.25. The first-order valence-corrected chi connectivity index (χ1v) is 5.61. The molecule has 0 saturated heterocycles. The number of ether oxygens (including phenoxy) is 2. The van der Waals surface area contributed by atoms with Crippen LogP contribution in [-0.4, -0.2) is 26.2 Å². The molecular weight excluding hydrogens is 218 g/mol. The van der Waals surface area contributed by atoms with Gasteiger partial charge in [-0.2, -0.15) is 0 Å². The molecule has 0 aromatic heterocycles. The molecule has 4 heteroatoms. The van der Waals surface area contributed by atoms with Gasteiger partial charge in [-0.15, -0.1) is 0 Å². The van der Waals surface area contributed by atoms with E-state index in [2.05, 4.69) is 11.7 Å². The Labute approximate surface area is 102 Å². The van der Waals surface area contributed by atoms with E-state index in [9.17, 15) is 4.79 Å². The molecule has 1 rings (SSSR count). The van der Waals surface area contributed by atoms with Crippen molar-refractivity contribution < 1.29 is 14.3 Å². The zero-order chi connectivity index (χ0) is 12.8. The Morgan fingerprint density at radius 1 is 1.41 bits per heavy atom. The van der Waals surface area contributed by atoms with E-state index in [0.29, 0.717) is 6.42 Å². The molecule has 0 aliphatic carbocycles. The van der Waals surface area contributed by atoms with Gasteiger partial charge in [0.1, 0.15) is 11.8 Å². The van der Waals surface area contributed by atoms with Gasteiger partial charge in [-0.25, -0.2) is 0 Å². The summed E-state index contributed by atoms with van der Waals surface area (Å²) in [5, 5.41) is 0. The molecule has 94 valence electrons. The van der Waals surface area contributed by atoms with Gasteiger partial charge in [0.2, 0.25) is 0 Å². The van der Waals surface area contributed by atoms with E-state index >= 15 is 0 Å². The van der Waals surface area contributed by atoms with Crippen molar-refractivity contribution in [3.8, 4) is 5.75 Å². The molecule has 0 aliphatic heterocycles. The van der Waals surface area contributed by atoms with Gasteiger partial charge in [0.25, 0.3) is 0 Å². The van der Waals surface area contributed by atoms with E-state index < -0.39 is 6.04 Å². The van der Waals surface area contributed by atoms with Crippen LogP contribution >= 0.6 is 0 Å². The van der Waals surface area contributed by atoms with E-state index in [1.807, 2.05) is 18.2 Å². The number of benzene rings is 1. The van der Waals surface area contributed by atoms with Gasteiger partial charge < -0.3 is 15.2 Å². The van der Waals surface area contributed by atoms with Crippen molar-refractivity contribution in [2.75, 3.05) is 14.2 Å². The summed E-state index contributed by atoms with van der Waals surface area (Å²) in [6.45, 7) is 2.06. The molecule has 0 amide bonds. The topological polar surface area (TPSA) is 61.6 Å². The fourth-order valence-corrected chi connectivity index (χ4v) is 1.72. The van der Waals surface area contributed by atoms with Crippen molar-refractivity contribution in [3.05, 3.63) is 29.3 Å². The molecular formula is C13H19NO3. The van der Waals surface area contributed by atoms with Gasteiger partial charge in [0.15, 0.2) is 0 Å². The summed E-state index contributed by atoms with van der Waals surface area (Å²) >= 11 is 0. The lowest BCUT2D eigenvalue weighted by Crippen LogP contribution is -2.33. The SMILES string of the molecule is CCc1cc(CC(N)C(=O)OC)ccc1OC. The summed E-state index contributed by atoms with van der Waals surface area (Å²) in [5.74, 6) is 0.474. The molecule has 2 N–H and O–H groups in total. The Morgan fingerprint density at radius 3 is 2.65 bits per heavy atom. The number of hydrogen-bond acceptors (Lipinski definition) is 4. The Bertz CT molecular complexity index is 390. The van der Waals surface area contributed by atoms with Crippen LogP contribution in [-0.2, 0) is 22.4 Å². The normalized spacial score (nSPS) is 12.0. The van der Waals surface area contributed by atoms with Gasteiger partial charge >= 0.3 is 5.97 Å². The van der Waals surface area contributed by atoms with Crippen molar-refractivity contribution in [3.63, 3.8) is 0 Å². The Balaban J connectivity index is 2.82. The Hall–Kier alpha value is -1.55. The van der Waals surface area contributed by atoms with Crippen LogP contribution in [0.5, 0.6) is 5.75 Å². The maximum atomic E-state index is 11.2. The molecule has 1 unspecified atom stereocenters. The van der Waals surface area contributed by atoms with Crippen LogP contribution in [0.15, 0.2) is 18.2 Å². The second-order valence-corrected chi connectivity index (χ2v) is 3.83. The summed E-state index contributed by atoms with van der Waals surface area (Å²) < 4.78 is 9.84. The summed E-state index contributed by atoms with van der Waals surface area (Å²) in [4.78, 5) is 11.2. The monoisotopic (exact) mass is 237 g/mol. The van der Waals surface area contributed by atoms with Crippen LogP contribution < -0.4 is 10.5 Å². The number of esters is 1. The number of carbonyl (C=O) groups excluding carboxylic acids is 1. The fraction of sp³-hybridized carbons (Fsp3) is 0.462. The molecule has 4 nitrogen and oxygen atoms in total. The lowest BCUT2D eigenvalue weighted by Gasteiger charge is -2.12. The minimum absolute atomic E-state index is 0.390. The lowest BCUT2D eigenvalue weighted by atomic mass is 10.0.